The number of unbranched alkanes of at least 4 members (excludes halogenated alkanes) is 1. The second-order valence-corrected chi connectivity index (χ2v) is 2.95. The van der Waals surface area contributed by atoms with Gasteiger partial charge in [0.1, 0.15) is 0 Å². The summed E-state index contributed by atoms with van der Waals surface area (Å²) in [5, 5.41) is 0. The molecule has 0 saturated heterocycles. The predicted molar refractivity (Wildman–Crippen MR) is 57.4 cm³/mol. The van der Waals surface area contributed by atoms with Gasteiger partial charge in [-0.2, -0.15) is 4.99 Å². The van der Waals surface area contributed by atoms with Gasteiger partial charge in [-0.25, -0.2) is 4.79 Å². The van der Waals surface area contributed by atoms with Crippen molar-refractivity contribution in [2.75, 3.05) is 0 Å². The molecule has 0 aliphatic rings. The van der Waals surface area contributed by atoms with Gasteiger partial charge in [-0.3, -0.25) is 0 Å². The minimum Gasteiger partial charge on any atom is -0.211 e. The second-order valence-electron chi connectivity index (χ2n) is 2.95. The maximum Gasteiger partial charge on any atom is 0.240 e. The molecule has 0 unspecified atom stereocenters. The molecule has 0 aliphatic heterocycles. The molecule has 1 aromatic rings. The van der Waals surface area contributed by atoms with E-state index in [1.54, 1.807) is 6.08 Å². The van der Waals surface area contributed by atoms with Crippen molar-refractivity contribution in [3.8, 4) is 0 Å². The summed E-state index contributed by atoms with van der Waals surface area (Å²) in [7, 11) is 0. The summed E-state index contributed by atoms with van der Waals surface area (Å²) in [6.45, 7) is 2.09. The van der Waals surface area contributed by atoms with E-state index in [1.165, 1.54) is 0 Å². The number of hydrogen-bond acceptors (Lipinski definition) is 2. The Balaban J connectivity index is 2.94. The Bertz CT molecular complexity index is 348. The van der Waals surface area contributed by atoms with Crippen LogP contribution in [0.4, 0.5) is 0 Å². The molecule has 2 nitrogen and oxygen atoms in total. The van der Waals surface area contributed by atoms with Gasteiger partial charge in [0.15, 0.2) is 0 Å². The van der Waals surface area contributed by atoms with Crippen molar-refractivity contribution in [2.24, 2.45) is 4.99 Å². The second kappa shape index (κ2) is 5.90. The van der Waals surface area contributed by atoms with Crippen LogP contribution < -0.4 is 0 Å². The lowest BCUT2D eigenvalue weighted by atomic mass is 10.1. The van der Waals surface area contributed by atoms with E-state index >= 15 is 0 Å². The highest BCUT2D eigenvalue weighted by atomic mass is 16.1. The topological polar surface area (TPSA) is 29.4 Å². The van der Waals surface area contributed by atoms with Gasteiger partial charge in [0.05, 0.1) is 5.70 Å². The van der Waals surface area contributed by atoms with Crippen LogP contribution in [0.1, 0.15) is 25.3 Å². The minimum absolute atomic E-state index is 0.711. The van der Waals surface area contributed by atoms with Crippen molar-refractivity contribution in [3.63, 3.8) is 0 Å². The maximum atomic E-state index is 10.2. The highest BCUT2D eigenvalue weighted by Gasteiger charge is 1.97. The lowest BCUT2D eigenvalue weighted by molar-refractivity contribution is 0.565. The third kappa shape index (κ3) is 3.00. The molecule has 0 saturated carbocycles. The van der Waals surface area contributed by atoms with Gasteiger partial charge in [0.2, 0.25) is 6.08 Å². The van der Waals surface area contributed by atoms with Crippen LogP contribution >= 0.6 is 0 Å². The fourth-order valence-corrected chi connectivity index (χ4v) is 1.17. The van der Waals surface area contributed by atoms with E-state index in [1.807, 2.05) is 36.4 Å². The van der Waals surface area contributed by atoms with Gasteiger partial charge in [-0.15, -0.1) is 0 Å². The summed E-state index contributed by atoms with van der Waals surface area (Å²) in [6.07, 6.45) is 5.51. The number of aliphatic imine (C=N–C) groups is 1. The molecule has 1 aromatic carbocycles. The van der Waals surface area contributed by atoms with Crippen LogP contribution in [0.15, 0.2) is 41.4 Å². The highest BCUT2D eigenvalue weighted by Crippen LogP contribution is 2.15. The van der Waals surface area contributed by atoms with Crippen molar-refractivity contribution < 1.29 is 4.79 Å². The van der Waals surface area contributed by atoms with Gasteiger partial charge >= 0.3 is 0 Å². The average Bonchev–Trinajstić information content (AvgIpc) is 2.25. The smallest absolute Gasteiger partial charge is 0.211 e. The fourth-order valence-electron chi connectivity index (χ4n) is 1.17. The largest absolute Gasteiger partial charge is 0.240 e. The minimum atomic E-state index is 0.711. The molecule has 0 N–H and O–H groups in total. The molecule has 14 heavy (non-hydrogen) atoms. The van der Waals surface area contributed by atoms with Gasteiger partial charge in [-0.05, 0) is 6.42 Å². The Kier molecular flexibility index (Phi) is 4.39. The zero-order valence-corrected chi connectivity index (χ0v) is 8.23. The Morgan fingerprint density at radius 3 is 2.71 bits per heavy atom. The van der Waals surface area contributed by atoms with Gasteiger partial charge in [-0.1, -0.05) is 49.8 Å². The normalized spacial score (nSPS) is 10.8. The van der Waals surface area contributed by atoms with Gasteiger partial charge < -0.3 is 0 Å². The summed E-state index contributed by atoms with van der Waals surface area (Å²) in [5.41, 5.74) is 1.67. The van der Waals surface area contributed by atoms with Crippen LogP contribution in [0, 0.1) is 0 Å². The van der Waals surface area contributed by atoms with Gasteiger partial charge in [0.25, 0.3) is 0 Å². The number of benzene rings is 1. The summed E-state index contributed by atoms with van der Waals surface area (Å²) in [4.78, 5) is 13.9. The monoisotopic (exact) mass is 187 g/mol. The summed E-state index contributed by atoms with van der Waals surface area (Å²) < 4.78 is 0. The number of nitrogens with zero attached hydrogens (tertiary/aromatic N) is 1. The van der Waals surface area contributed by atoms with Crippen LogP contribution in [0.5, 0.6) is 0 Å². The maximum absolute atomic E-state index is 10.2. The van der Waals surface area contributed by atoms with E-state index in [4.69, 9.17) is 0 Å². The van der Waals surface area contributed by atoms with Crippen LogP contribution in [0.2, 0.25) is 0 Å². The van der Waals surface area contributed by atoms with Crippen LogP contribution in [0.25, 0.3) is 5.70 Å². The SMILES string of the molecule is CCC/C=C(\N=C=O)c1ccccc1. The summed E-state index contributed by atoms with van der Waals surface area (Å²) in [5.74, 6) is 0. The number of allylic oxidation sites excluding steroid dienone is 1. The van der Waals surface area contributed by atoms with Crippen molar-refractivity contribution in [1.82, 2.24) is 0 Å². The molecule has 0 fully saturated rings. The molecule has 0 radical (unpaired) electrons. The number of hydrogen-bond donors (Lipinski definition) is 0. The number of carbonyl (C=O) groups excluding carboxylic acids is 1. The van der Waals surface area contributed by atoms with E-state index in [0.717, 1.165) is 18.4 Å². The molecule has 1 rings (SSSR count). The van der Waals surface area contributed by atoms with Crippen molar-refractivity contribution >= 4 is 11.8 Å². The first-order chi connectivity index (χ1) is 6.88. The van der Waals surface area contributed by atoms with Crippen LogP contribution in [-0.2, 0) is 4.79 Å². The summed E-state index contributed by atoms with van der Waals surface area (Å²) >= 11 is 0. The van der Waals surface area contributed by atoms with Crippen molar-refractivity contribution in [1.29, 1.82) is 0 Å². The molecule has 72 valence electrons. The Hall–Kier alpha value is -1.66. The van der Waals surface area contributed by atoms with E-state index in [-0.39, 0.29) is 0 Å². The Morgan fingerprint density at radius 1 is 1.43 bits per heavy atom. The third-order valence-corrected chi connectivity index (χ3v) is 1.86. The Labute approximate surface area is 84.0 Å². The average molecular weight is 187 g/mol. The number of isocyanates is 1. The Morgan fingerprint density at radius 2 is 2.14 bits per heavy atom. The predicted octanol–water partition coefficient (Wildman–Crippen LogP) is 3.16. The third-order valence-electron chi connectivity index (χ3n) is 1.86. The zero-order valence-electron chi connectivity index (χ0n) is 8.23. The molecule has 2 heteroatoms. The van der Waals surface area contributed by atoms with E-state index < -0.39 is 0 Å². The quantitative estimate of drug-likeness (QED) is 0.526. The molecule has 0 heterocycles. The van der Waals surface area contributed by atoms with Crippen LogP contribution in [-0.4, -0.2) is 6.08 Å². The van der Waals surface area contributed by atoms with Crippen LogP contribution in [0.3, 0.4) is 0 Å². The molecule has 0 spiro atoms. The molecule has 0 aliphatic carbocycles. The molecule has 0 atom stereocenters. The van der Waals surface area contributed by atoms with Gasteiger partial charge in [0, 0.05) is 5.56 Å². The summed E-state index contributed by atoms with van der Waals surface area (Å²) in [6, 6.07) is 9.65. The van der Waals surface area contributed by atoms with Crippen molar-refractivity contribution in [3.05, 3.63) is 42.0 Å². The van der Waals surface area contributed by atoms with E-state index in [9.17, 15) is 4.79 Å². The lowest BCUT2D eigenvalue weighted by Gasteiger charge is -1.98. The molecule has 0 aromatic heterocycles. The molecule has 0 amide bonds. The highest BCUT2D eigenvalue weighted by molar-refractivity contribution is 5.68. The van der Waals surface area contributed by atoms with E-state index in [2.05, 4.69) is 11.9 Å². The first-order valence-electron chi connectivity index (χ1n) is 4.72. The first-order valence-corrected chi connectivity index (χ1v) is 4.72. The number of rotatable bonds is 4. The molecular weight excluding hydrogens is 174 g/mol. The molecule has 0 bridgehead atoms. The lowest BCUT2D eigenvalue weighted by Crippen LogP contribution is -1.80. The molecular formula is C12H13NO. The van der Waals surface area contributed by atoms with Crippen molar-refractivity contribution in [2.45, 2.75) is 19.8 Å². The zero-order chi connectivity index (χ0) is 10.2. The fraction of sp³-hybridized carbons (Fsp3) is 0.250. The van der Waals surface area contributed by atoms with E-state index in [0.29, 0.717) is 5.70 Å². The standard InChI is InChI=1S/C12H13NO/c1-2-3-9-12(13-10-14)11-7-5-4-6-8-11/h4-9H,2-3H2,1H3/b12-9-. The first kappa shape index (κ1) is 10.4.